The molecule has 3 nitrogen and oxygen atoms in total. The first-order valence-corrected chi connectivity index (χ1v) is 8.30. The Kier molecular flexibility index (Phi) is 4.31. The number of hydrogen-bond acceptors (Lipinski definition) is 2. The highest BCUT2D eigenvalue weighted by Crippen LogP contribution is 2.32. The first-order valence-electron chi connectivity index (χ1n) is 7.51. The maximum Gasteiger partial charge on any atom is 0.226 e. The van der Waals surface area contributed by atoms with Crippen LogP contribution in [0, 0.1) is 17.7 Å². The Morgan fingerprint density at radius 3 is 2.76 bits per heavy atom. The van der Waals surface area contributed by atoms with Crippen molar-refractivity contribution in [3.63, 3.8) is 0 Å². The third-order valence-electron chi connectivity index (χ3n) is 4.53. The second kappa shape index (κ2) is 6.05. The van der Waals surface area contributed by atoms with Crippen LogP contribution in [-0.4, -0.2) is 29.9 Å². The van der Waals surface area contributed by atoms with Gasteiger partial charge in [-0.05, 0) is 50.0 Å². The zero-order chi connectivity index (χ0) is 15.0. The standard InChI is InChI=1S/C16H20BrFN2O/c1-10(12-7-19-8-12)16(21)20(14-3-4-14)9-11-6-13(17)2-5-15(11)18/h2,5-6,10,12,14,19H,3-4,7-9H2,1H3. The Balaban J connectivity index is 1.75. The molecule has 1 amide bonds. The van der Waals surface area contributed by atoms with Crippen LogP contribution >= 0.6 is 15.9 Å². The largest absolute Gasteiger partial charge is 0.335 e. The first kappa shape index (κ1) is 15.0. The molecule has 114 valence electrons. The van der Waals surface area contributed by atoms with E-state index in [9.17, 15) is 9.18 Å². The number of carbonyl (C=O) groups is 1. The Labute approximate surface area is 133 Å². The summed E-state index contributed by atoms with van der Waals surface area (Å²) in [6.07, 6.45) is 2.08. The Bertz CT molecular complexity index is 543. The van der Waals surface area contributed by atoms with Crippen molar-refractivity contribution in [3.8, 4) is 0 Å². The number of rotatable bonds is 5. The van der Waals surface area contributed by atoms with Crippen molar-refractivity contribution >= 4 is 21.8 Å². The smallest absolute Gasteiger partial charge is 0.226 e. The normalized spacial score (nSPS) is 20.0. The molecular formula is C16H20BrFN2O. The highest BCUT2D eigenvalue weighted by molar-refractivity contribution is 9.10. The van der Waals surface area contributed by atoms with Gasteiger partial charge < -0.3 is 10.2 Å². The van der Waals surface area contributed by atoms with E-state index in [0.29, 0.717) is 24.1 Å². The number of halogens is 2. The van der Waals surface area contributed by atoms with Gasteiger partial charge in [-0.1, -0.05) is 22.9 Å². The highest BCUT2D eigenvalue weighted by atomic mass is 79.9. The lowest BCUT2D eigenvalue weighted by Crippen LogP contribution is -2.50. The molecule has 1 aliphatic carbocycles. The summed E-state index contributed by atoms with van der Waals surface area (Å²) in [5, 5.41) is 3.21. The minimum Gasteiger partial charge on any atom is -0.335 e. The summed E-state index contributed by atoms with van der Waals surface area (Å²) in [4.78, 5) is 14.6. The SMILES string of the molecule is CC(C(=O)N(Cc1cc(Br)ccc1F)C1CC1)C1CNC1. The van der Waals surface area contributed by atoms with E-state index in [4.69, 9.17) is 0 Å². The molecule has 2 fully saturated rings. The molecule has 1 saturated heterocycles. The lowest BCUT2D eigenvalue weighted by atomic mass is 9.87. The molecule has 5 heteroatoms. The Hall–Kier alpha value is -0.940. The Morgan fingerprint density at radius 1 is 1.48 bits per heavy atom. The molecule has 1 saturated carbocycles. The fourth-order valence-electron chi connectivity index (χ4n) is 2.75. The van der Waals surface area contributed by atoms with Crippen LogP contribution in [0.3, 0.4) is 0 Å². The second-order valence-corrected chi connectivity index (χ2v) is 7.06. The molecule has 1 N–H and O–H groups in total. The summed E-state index contributed by atoms with van der Waals surface area (Å²) in [7, 11) is 0. The third kappa shape index (κ3) is 3.29. The van der Waals surface area contributed by atoms with Crippen molar-refractivity contribution in [1.29, 1.82) is 0 Å². The van der Waals surface area contributed by atoms with Gasteiger partial charge in [0, 0.05) is 28.5 Å². The molecule has 1 aromatic carbocycles. The molecule has 1 heterocycles. The predicted molar refractivity (Wildman–Crippen MR) is 83.2 cm³/mol. The number of nitrogens with one attached hydrogen (secondary N) is 1. The van der Waals surface area contributed by atoms with Crippen molar-refractivity contribution < 1.29 is 9.18 Å². The van der Waals surface area contributed by atoms with Gasteiger partial charge in [0.1, 0.15) is 5.82 Å². The molecule has 1 aromatic rings. The van der Waals surface area contributed by atoms with Gasteiger partial charge in [0.2, 0.25) is 5.91 Å². The highest BCUT2D eigenvalue weighted by Gasteiger charge is 2.38. The first-order chi connectivity index (χ1) is 10.1. The lowest BCUT2D eigenvalue weighted by molar-refractivity contribution is -0.138. The zero-order valence-corrected chi connectivity index (χ0v) is 13.7. The average Bonchev–Trinajstić information content (AvgIpc) is 3.21. The van der Waals surface area contributed by atoms with Crippen molar-refractivity contribution in [1.82, 2.24) is 10.2 Å². The van der Waals surface area contributed by atoms with E-state index in [1.54, 1.807) is 12.1 Å². The van der Waals surface area contributed by atoms with Gasteiger partial charge >= 0.3 is 0 Å². The van der Waals surface area contributed by atoms with E-state index < -0.39 is 0 Å². The van der Waals surface area contributed by atoms with Gasteiger partial charge in [-0.2, -0.15) is 0 Å². The van der Waals surface area contributed by atoms with Crippen LogP contribution in [0.2, 0.25) is 0 Å². The molecule has 2 aliphatic rings. The summed E-state index contributed by atoms with van der Waals surface area (Å²) in [5.41, 5.74) is 0.587. The molecule has 0 bridgehead atoms. The number of amides is 1. The quantitative estimate of drug-likeness (QED) is 0.881. The second-order valence-electron chi connectivity index (χ2n) is 6.14. The molecular weight excluding hydrogens is 335 g/mol. The van der Waals surface area contributed by atoms with E-state index in [1.807, 2.05) is 11.8 Å². The van der Waals surface area contributed by atoms with Crippen molar-refractivity contribution in [2.75, 3.05) is 13.1 Å². The van der Waals surface area contributed by atoms with Crippen molar-refractivity contribution in [2.24, 2.45) is 11.8 Å². The summed E-state index contributed by atoms with van der Waals surface area (Å²) in [6, 6.07) is 5.21. The third-order valence-corrected chi connectivity index (χ3v) is 5.02. The molecule has 1 atom stereocenters. The van der Waals surface area contributed by atoms with Gasteiger partial charge in [-0.25, -0.2) is 4.39 Å². The van der Waals surface area contributed by atoms with E-state index in [1.165, 1.54) is 6.07 Å². The van der Waals surface area contributed by atoms with Crippen LogP contribution in [0.1, 0.15) is 25.3 Å². The maximum absolute atomic E-state index is 13.9. The van der Waals surface area contributed by atoms with Gasteiger partial charge in [0.25, 0.3) is 0 Å². The minimum absolute atomic E-state index is 0.0158. The van der Waals surface area contributed by atoms with Gasteiger partial charge in [-0.3, -0.25) is 4.79 Å². The molecule has 1 unspecified atom stereocenters. The van der Waals surface area contributed by atoms with Crippen LogP contribution in [0.15, 0.2) is 22.7 Å². The average molecular weight is 355 g/mol. The van der Waals surface area contributed by atoms with E-state index in [2.05, 4.69) is 21.2 Å². The van der Waals surface area contributed by atoms with Gasteiger partial charge in [0.15, 0.2) is 0 Å². The van der Waals surface area contributed by atoms with Crippen LogP contribution in [0.25, 0.3) is 0 Å². The summed E-state index contributed by atoms with van der Waals surface area (Å²) in [5.74, 6) is 0.367. The molecule has 1 aliphatic heterocycles. The van der Waals surface area contributed by atoms with Crippen LogP contribution < -0.4 is 5.32 Å². The summed E-state index contributed by atoms with van der Waals surface area (Å²) in [6.45, 7) is 4.20. The monoisotopic (exact) mass is 354 g/mol. The van der Waals surface area contributed by atoms with E-state index in [-0.39, 0.29) is 17.6 Å². The summed E-state index contributed by atoms with van der Waals surface area (Å²) >= 11 is 3.37. The van der Waals surface area contributed by atoms with Crippen molar-refractivity contribution in [3.05, 3.63) is 34.1 Å². The molecule has 0 spiro atoms. The Morgan fingerprint density at radius 2 is 2.19 bits per heavy atom. The van der Waals surface area contributed by atoms with E-state index >= 15 is 0 Å². The summed E-state index contributed by atoms with van der Waals surface area (Å²) < 4.78 is 14.8. The van der Waals surface area contributed by atoms with Crippen molar-refractivity contribution in [2.45, 2.75) is 32.4 Å². The number of nitrogens with zero attached hydrogens (tertiary/aromatic N) is 1. The van der Waals surface area contributed by atoms with Gasteiger partial charge in [0.05, 0.1) is 0 Å². The number of hydrogen-bond donors (Lipinski definition) is 1. The molecule has 3 rings (SSSR count). The topological polar surface area (TPSA) is 32.3 Å². The van der Waals surface area contributed by atoms with Crippen LogP contribution in [0.4, 0.5) is 4.39 Å². The maximum atomic E-state index is 13.9. The lowest BCUT2D eigenvalue weighted by Gasteiger charge is -2.35. The van der Waals surface area contributed by atoms with E-state index in [0.717, 1.165) is 30.4 Å². The fourth-order valence-corrected chi connectivity index (χ4v) is 3.16. The molecule has 21 heavy (non-hydrogen) atoms. The van der Waals surface area contributed by atoms with Crippen LogP contribution in [0.5, 0.6) is 0 Å². The molecule has 0 aromatic heterocycles. The fraction of sp³-hybridized carbons (Fsp3) is 0.562. The molecule has 0 radical (unpaired) electrons. The number of carbonyl (C=O) groups excluding carboxylic acids is 1. The predicted octanol–water partition coefficient (Wildman–Crippen LogP) is 2.93. The zero-order valence-electron chi connectivity index (χ0n) is 12.1. The minimum atomic E-state index is -0.241. The van der Waals surface area contributed by atoms with Crippen LogP contribution in [-0.2, 0) is 11.3 Å². The van der Waals surface area contributed by atoms with Gasteiger partial charge in [-0.15, -0.1) is 0 Å². The number of benzene rings is 1.